The molecule has 1 aromatic heterocycles. The molecule has 3 aromatic rings. The lowest BCUT2D eigenvalue weighted by Gasteiger charge is -2.23. The van der Waals surface area contributed by atoms with E-state index in [9.17, 15) is 9.59 Å². The Balaban J connectivity index is 1.98. The van der Waals surface area contributed by atoms with E-state index >= 15 is 0 Å². The third-order valence-corrected chi connectivity index (χ3v) is 3.99. The molecule has 0 unspecified atom stereocenters. The zero-order valence-electron chi connectivity index (χ0n) is 14.0. The minimum absolute atomic E-state index is 0.106. The van der Waals surface area contributed by atoms with Gasteiger partial charge in [0, 0.05) is 35.8 Å². The molecule has 2 aromatic carbocycles. The van der Waals surface area contributed by atoms with Crippen LogP contribution in [0.1, 0.15) is 22.3 Å². The Kier molecular flexibility index (Phi) is 4.75. The molecule has 0 spiro atoms. The zero-order chi connectivity index (χ0) is 17.8. The summed E-state index contributed by atoms with van der Waals surface area (Å²) in [5.74, 6) is -0.606. The van der Waals surface area contributed by atoms with Gasteiger partial charge in [0.05, 0.1) is 5.52 Å². The van der Waals surface area contributed by atoms with E-state index in [1.807, 2.05) is 55.5 Å². The maximum atomic E-state index is 13.1. The van der Waals surface area contributed by atoms with Gasteiger partial charge in [-0.3, -0.25) is 14.6 Å². The molecule has 126 valence electrons. The van der Waals surface area contributed by atoms with Crippen LogP contribution in [0.5, 0.6) is 0 Å². The highest BCUT2D eigenvalue weighted by molar-refractivity contribution is 6.08. The van der Waals surface area contributed by atoms with Gasteiger partial charge in [0.15, 0.2) is 0 Å². The van der Waals surface area contributed by atoms with Gasteiger partial charge in [-0.2, -0.15) is 0 Å². The summed E-state index contributed by atoms with van der Waals surface area (Å²) in [5, 5.41) is 0.896. The van der Waals surface area contributed by atoms with E-state index in [4.69, 9.17) is 5.73 Å². The number of carbonyl (C=O) groups excluding carboxylic acids is 2. The average molecular weight is 333 g/mol. The Bertz CT molecular complexity index is 937. The third kappa shape index (κ3) is 3.83. The van der Waals surface area contributed by atoms with Crippen molar-refractivity contribution in [1.29, 1.82) is 0 Å². The van der Waals surface area contributed by atoms with Crippen molar-refractivity contribution < 1.29 is 9.59 Å². The first-order valence-corrected chi connectivity index (χ1v) is 8.06. The summed E-state index contributed by atoms with van der Waals surface area (Å²) < 4.78 is 0. The summed E-state index contributed by atoms with van der Waals surface area (Å²) in [6, 6.07) is 16.8. The quantitative estimate of drug-likeness (QED) is 0.779. The number of nitrogens with zero attached hydrogens (tertiary/aromatic N) is 2. The normalized spacial score (nSPS) is 10.6. The van der Waals surface area contributed by atoms with Crippen molar-refractivity contribution in [3.05, 3.63) is 71.9 Å². The maximum absolute atomic E-state index is 13.1. The van der Waals surface area contributed by atoms with Gasteiger partial charge >= 0.3 is 0 Å². The van der Waals surface area contributed by atoms with E-state index in [0.29, 0.717) is 5.56 Å². The lowest BCUT2D eigenvalue weighted by Crippen LogP contribution is -2.34. The van der Waals surface area contributed by atoms with E-state index in [1.165, 1.54) is 0 Å². The van der Waals surface area contributed by atoms with Gasteiger partial charge in [-0.05, 0) is 48.9 Å². The van der Waals surface area contributed by atoms with Crippen molar-refractivity contribution in [3.63, 3.8) is 0 Å². The van der Waals surface area contributed by atoms with Gasteiger partial charge < -0.3 is 10.6 Å². The Labute approximate surface area is 146 Å². The van der Waals surface area contributed by atoms with Crippen molar-refractivity contribution in [2.45, 2.75) is 13.3 Å². The van der Waals surface area contributed by atoms with E-state index < -0.39 is 5.91 Å². The average Bonchev–Trinajstić information content (AvgIpc) is 2.61. The molecule has 5 nitrogen and oxygen atoms in total. The van der Waals surface area contributed by atoms with Gasteiger partial charge in [0.2, 0.25) is 5.91 Å². The van der Waals surface area contributed by atoms with E-state index in [0.717, 1.165) is 22.2 Å². The first kappa shape index (κ1) is 16.6. The van der Waals surface area contributed by atoms with Crippen LogP contribution in [0.4, 0.5) is 5.69 Å². The van der Waals surface area contributed by atoms with Crippen LogP contribution in [0.25, 0.3) is 10.9 Å². The predicted molar refractivity (Wildman–Crippen MR) is 98.4 cm³/mol. The summed E-state index contributed by atoms with van der Waals surface area (Å²) in [6.07, 6.45) is 1.82. The monoisotopic (exact) mass is 333 g/mol. The number of aryl methyl sites for hydroxylation is 1. The fraction of sp³-hybridized carbons (Fsp3) is 0.150. The number of nitrogens with two attached hydrogens (primary N) is 1. The highest BCUT2D eigenvalue weighted by atomic mass is 16.2. The van der Waals surface area contributed by atoms with E-state index in [2.05, 4.69) is 4.98 Å². The molecule has 2 N–H and O–H groups in total. The zero-order valence-corrected chi connectivity index (χ0v) is 14.0. The Morgan fingerprint density at radius 2 is 1.92 bits per heavy atom. The van der Waals surface area contributed by atoms with Crippen LogP contribution < -0.4 is 10.6 Å². The lowest BCUT2D eigenvalue weighted by atomic mass is 10.1. The van der Waals surface area contributed by atoms with Crippen LogP contribution in [0.15, 0.2) is 60.8 Å². The molecule has 0 radical (unpaired) electrons. The first-order chi connectivity index (χ1) is 12.0. The molecule has 25 heavy (non-hydrogen) atoms. The molecule has 0 aliphatic carbocycles. The number of rotatable bonds is 5. The molecule has 0 aliphatic heterocycles. The molecule has 1 heterocycles. The third-order valence-electron chi connectivity index (χ3n) is 3.99. The number of benzene rings is 2. The smallest absolute Gasteiger partial charge is 0.258 e. The van der Waals surface area contributed by atoms with E-state index in [-0.39, 0.29) is 18.9 Å². The summed E-state index contributed by atoms with van der Waals surface area (Å²) in [6.45, 7) is 2.20. The van der Waals surface area contributed by atoms with Crippen LogP contribution in [-0.4, -0.2) is 23.3 Å². The number of hydrogen-bond acceptors (Lipinski definition) is 3. The van der Waals surface area contributed by atoms with E-state index in [1.54, 1.807) is 17.2 Å². The molecule has 2 amide bonds. The molecule has 0 fully saturated rings. The molecule has 0 aliphatic rings. The molecule has 0 saturated heterocycles. The maximum Gasteiger partial charge on any atom is 0.258 e. The number of primary amides is 1. The number of hydrogen-bond donors (Lipinski definition) is 1. The minimum atomic E-state index is -0.437. The van der Waals surface area contributed by atoms with Gasteiger partial charge in [0.1, 0.15) is 0 Å². The molecule has 0 saturated carbocycles. The SMILES string of the molecule is Cc1cccc(N(CCC(N)=O)C(=O)c2ccc3ncccc3c2)c1. The van der Waals surface area contributed by atoms with Crippen molar-refractivity contribution >= 4 is 28.4 Å². The number of pyridine rings is 1. The Morgan fingerprint density at radius 1 is 1.08 bits per heavy atom. The van der Waals surface area contributed by atoms with Crippen molar-refractivity contribution in [2.75, 3.05) is 11.4 Å². The second-order valence-electron chi connectivity index (χ2n) is 5.92. The Hall–Kier alpha value is -3.21. The molecule has 3 rings (SSSR count). The van der Waals surface area contributed by atoms with Crippen molar-refractivity contribution in [3.8, 4) is 0 Å². The van der Waals surface area contributed by atoms with Gasteiger partial charge in [-0.15, -0.1) is 0 Å². The Morgan fingerprint density at radius 3 is 2.68 bits per heavy atom. The summed E-state index contributed by atoms with van der Waals surface area (Å²) in [4.78, 5) is 30.1. The van der Waals surface area contributed by atoms with Gasteiger partial charge in [-0.25, -0.2) is 0 Å². The number of carbonyl (C=O) groups is 2. The number of aromatic nitrogens is 1. The highest BCUT2D eigenvalue weighted by Gasteiger charge is 2.19. The van der Waals surface area contributed by atoms with Crippen LogP contribution in [0.2, 0.25) is 0 Å². The van der Waals surface area contributed by atoms with Crippen molar-refractivity contribution in [2.24, 2.45) is 5.73 Å². The van der Waals surface area contributed by atoms with Crippen LogP contribution in [0, 0.1) is 6.92 Å². The topological polar surface area (TPSA) is 76.3 Å². The summed E-state index contributed by atoms with van der Waals surface area (Å²) in [5.41, 5.74) is 8.44. The molecule has 0 atom stereocenters. The second kappa shape index (κ2) is 7.13. The van der Waals surface area contributed by atoms with Gasteiger partial charge in [-0.1, -0.05) is 18.2 Å². The lowest BCUT2D eigenvalue weighted by molar-refractivity contribution is -0.117. The molecule has 5 heteroatoms. The predicted octanol–water partition coefficient (Wildman–Crippen LogP) is 3.07. The fourth-order valence-electron chi connectivity index (χ4n) is 2.73. The number of anilines is 1. The van der Waals surface area contributed by atoms with Crippen LogP contribution in [0.3, 0.4) is 0 Å². The minimum Gasteiger partial charge on any atom is -0.370 e. The second-order valence-corrected chi connectivity index (χ2v) is 5.92. The van der Waals surface area contributed by atoms with Crippen molar-refractivity contribution in [1.82, 2.24) is 4.98 Å². The number of amides is 2. The highest BCUT2D eigenvalue weighted by Crippen LogP contribution is 2.21. The van der Waals surface area contributed by atoms with Crippen LogP contribution >= 0.6 is 0 Å². The standard InChI is InChI=1S/C20H19N3O2/c1-14-4-2-6-17(12-14)23(11-9-19(21)24)20(25)16-7-8-18-15(13-16)5-3-10-22-18/h2-8,10,12-13H,9,11H2,1H3,(H2,21,24). The van der Waals surface area contributed by atoms with Crippen LogP contribution in [-0.2, 0) is 4.79 Å². The fourth-order valence-corrected chi connectivity index (χ4v) is 2.73. The van der Waals surface area contributed by atoms with Gasteiger partial charge in [0.25, 0.3) is 5.91 Å². The molecule has 0 bridgehead atoms. The first-order valence-electron chi connectivity index (χ1n) is 8.06. The molecular formula is C20H19N3O2. The summed E-state index contributed by atoms with van der Waals surface area (Å²) in [7, 11) is 0. The summed E-state index contributed by atoms with van der Waals surface area (Å²) >= 11 is 0. The number of fused-ring (bicyclic) bond motifs is 1. The largest absolute Gasteiger partial charge is 0.370 e. The molecular weight excluding hydrogens is 314 g/mol.